The van der Waals surface area contributed by atoms with Crippen molar-refractivity contribution < 1.29 is 13.9 Å². The van der Waals surface area contributed by atoms with Gasteiger partial charge in [0.1, 0.15) is 11.6 Å². The van der Waals surface area contributed by atoms with Crippen LogP contribution in [0.15, 0.2) is 40.9 Å². The average Bonchev–Trinajstić information content (AvgIpc) is 2.41. The zero-order valence-electron chi connectivity index (χ0n) is 10.8. The van der Waals surface area contributed by atoms with Crippen molar-refractivity contribution >= 4 is 27.4 Å². The molecule has 2 N–H and O–H groups in total. The van der Waals surface area contributed by atoms with Gasteiger partial charge in [0.05, 0.1) is 12.2 Å². The number of nitrogens with two attached hydrogens (primary N) is 1. The summed E-state index contributed by atoms with van der Waals surface area (Å²) < 4.78 is 19.6. The van der Waals surface area contributed by atoms with Gasteiger partial charge in [-0.1, -0.05) is 0 Å². The van der Waals surface area contributed by atoms with E-state index < -0.39 is 11.6 Å². The molecule has 0 unspecified atom stereocenters. The van der Waals surface area contributed by atoms with Gasteiger partial charge in [-0.15, -0.1) is 0 Å². The summed E-state index contributed by atoms with van der Waals surface area (Å²) in [5.41, 5.74) is 6.25. The van der Waals surface area contributed by atoms with Gasteiger partial charge in [0.15, 0.2) is 5.78 Å². The van der Waals surface area contributed by atoms with Crippen LogP contribution in [-0.2, 0) is 0 Å². The summed E-state index contributed by atoms with van der Waals surface area (Å²) in [6.45, 7) is 2.40. The second-order valence-corrected chi connectivity index (χ2v) is 5.00. The molecule has 0 fully saturated rings. The van der Waals surface area contributed by atoms with Gasteiger partial charge in [-0.2, -0.15) is 0 Å². The van der Waals surface area contributed by atoms with E-state index in [0.29, 0.717) is 28.1 Å². The van der Waals surface area contributed by atoms with Crippen molar-refractivity contribution in [1.29, 1.82) is 0 Å². The molecule has 0 aliphatic carbocycles. The van der Waals surface area contributed by atoms with Crippen LogP contribution in [0, 0.1) is 5.82 Å². The summed E-state index contributed by atoms with van der Waals surface area (Å²) in [4.78, 5) is 12.3. The number of hydrogen-bond acceptors (Lipinski definition) is 3. The van der Waals surface area contributed by atoms with Crippen LogP contribution in [0.2, 0.25) is 0 Å². The van der Waals surface area contributed by atoms with Crippen molar-refractivity contribution in [3.8, 4) is 5.75 Å². The molecule has 2 rings (SSSR count). The lowest BCUT2D eigenvalue weighted by atomic mass is 10.0. The van der Waals surface area contributed by atoms with E-state index in [9.17, 15) is 9.18 Å². The van der Waals surface area contributed by atoms with Gasteiger partial charge >= 0.3 is 0 Å². The number of carbonyl (C=O) groups is 1. The van der Waals surface area contributed by atoms with Crippen LogP contribution in [0.4, 0.5) is 10.1 Å². The zero-order chi connectivity index (χ0) is 14.7. The molecule has 104 valence electrons. The number of rotatable bonds is 4. The third-order valence-electron chi connectivity index (χ3n) is 2.73. The molecule has 5 heteroatoms. The Bertz CT molecular complexity index is 658. The van der Waals surface area contributed by atoms with E-state index in [2.05, 4.69) is 15.9 Å². The van der Waals surface area contributed by atoms with Crippen molar-refractivity contribution in [3.63, 3.8) is 0 Å². The largest absolute Gasteiger partial charge is 0.494 e. The maximum absolute atomic E-state index is 13.7. The van der Waals surface area contributed by atoms with Gasteiger partial charge in [-0.3, -0.25) is 4.79 Å². The second-order valence-electron chi connectivity index (χ2n) is 4.14. The summed E-state index contributed by atoms with van der Waals surface area (Å²) in [6.07, 6.45) is 0. The van der Waals surface area contributed by atoms with Crippen molar-refractivity contribution in [1.82, 2.24) is 0 Å². The normalized spacial score (nSPS) is 10.3. The molecule has 0 aliphatic heterocycles. The van der Waals surface area contributed by atoms with Crippen LogP contribution in [-0.4, -0.2) is 12.4 Å². The standard InChI is InChI=1S/C15H13BrFNO2/c1-2-20-10-4-5-11(13(16)8-10)15(19)12-7-9(18)3-6-14(12)17/h3-8H,2,18H2,1H3. The third-order valence-corrected chi connectivity index (χ3v) is 3.39. The molecule has 20 heavy (non-hydrogen) atoms. The molecule has 0 radical (unpaired) electrons. The van der Waals surface area contributed by atoms with Crippen molar-refractivity contribution in [2.24, 2.45) is 0 Å². The first kappa shape index (κ1) is 14.5. The Hall–Kier alpha value is -1.88. The Morgan fingerprint density at radius 1 is 1.25 bits per heavy atom. The third kappa shape index (κ3) is 2.99. The van der Waals surface area contributed by atoms with Crippen LogP contribution in [0.25, 0.3) is 0 Å². The van der Waals surface area contributed by atoms with E-state index in [0.717, 1.165) is 0 Å². The van der Waals surface area contributed by atoms with Gasteiger partial charge in [0.25, 0.3) is 0 Å². The van der Waals surface area contributed by atoms with Gasteiger partial charge in [-0.25, -0.2) is 4.39 Å². The van der Waals surface area contributed by atoms with E-state index >= 15 is 0 Å². The first-order valence-electron chi connectivity index (χ1n) is 6.05. The van der Waals surface area contributed by atoms with Crippen molar-refractivity contribution in [3.05, 3.63) is 57.8 Å². The van der Waals surface area contributed by atoms with Crippen LogP contribution >= 0.6 is 15.9 Å². The number of benzene rings is 2. The first-order chi connectivity index (χ1) is 9.52. The van der Waals surface area contributed by atoms with E-state index in [1.54, 1.807) is 18.2 Å². The second kappa shape index (κ2) is 6.05. The fraction of sp³-hybridized carbons (Fsp3) is 0.133. The SMILES string of the molecule is CCOc1ccc(C(=O)c2cc(N)ccc2F)c(Br)c1. The Balaban J connectivity index is 2.40. The molecule has 0 bridgehead atoms. The predicted molar refractivity (Wildman–Crippen MR) is 79.6 cm³/mol. The Kier molecular flexibility index (Phi) is 4.39. The molecular formula is C15H13BrFNO2. The number of hydrogen-bond donors (Lipinski definition) is 1. The van der Waals surface area contributed by atoms with E-state index in [4.69, 9.17) is 10.5 Å². The average molecular weight is 338 g/mol. The fourth-order valence-corrected chi connectivity index (χ4v) is 2.34. The van der Waals surface area contributed by atoms with Crippen LogP contribution in [0.5, 0.6) is 5.75 Å². The number of ketones is 1. The molecule has 0 heterocycles. The summed E-state index contributed by atoms with van der Waals surface area (Å²) in [5.74, 6) is -0.376. The van der Waals surface area contributed by atoms with Crippen LogP contribution in [0.1, 0.15) is 22.8 Å². The minimum absolute atomic E-state index is 0.0464. The molecule has 0 atom stereocenters. The van der Waals surface area contributed by atoms with E-state index in [1.807, 2.05) is 6.92 Å². The molecule has 2 aromatic rings. The maximum atomic E-state index is 13.7. The number of anilines is 1. The van der Waals surface area contributed by atoms with Gasteiger partial charge in [0, 0.05) is 15.7 Å². The summed E-state index contributed by atoms with van der Waals surface area (Å²) >= 11 is 3.30. The molecule has 0 amide bonds. The Morgan fingerprint density at radius 2 is 2.00 bits per heavy atom. The molecule has 0 spiro atoms. The first-order valence-corrected chi connectivity index (χ1v) is 6.84. The quantitative estimate of drug-likeness (QED) is 0.681. The van der Waals surface area contributed by atoms with Crippen LogP contribution < -0.4 is 10.5 Å². The number of carbonyl (C=O) groups excluding carboxylic acids is 1. The Labute approximate surface area is 124 Å². The molecule has 0 aromatic heterocycles. The number of halogens is 2. The maximum Gasteiger partial charge on any atom is 0.197 e. The molecule has 2 aromatic carbocycles. The lowest BCUT2D eigenvalue weighted by Gasteiger charge is -2.08. The molecule has 0 aliphatic rings. The summed E-state index contributed by atoms with van der Waals surface area (Å²) in [5, 5.41) is 0. The van der Waals surface area contributed by atoms with Crippen molar-refractivity contribution in [2.75, 3.05) is 12.3 Å². The highest BCUT2D eigenvalue weighted by Crippen LogP contribution is 2.26. The van der Waals surface area contributed by atoms with Gasteiger partial charge in [-0.05, 0) is 59.3 Å². The summed E-state index contributed by atoms with van der Waals surface area (Å²) in [6, 6.07) is 8.89. The monoisotopic (exact) mass is 337 g/mol. The van der Waals surface area contributed by atoms with E-state index in [-0.39, 0.29) is 5.56 Å². The minimum Gasteiger partial charge on any atom is -0.494 e. The number of ether oxygens (including phenoxy) is 1. The fourth-order valence-electron chi connectivity index (χ4n) is 1.80. The zero-order valence-corrected chi connectivity index (χ0v) is 12.4. The lowest BCUT2D eigenvalue weighted by molar-refractivity contribution is 0.103. The van der Waals surface area contributed by atoms with Crippen molar-refractivity contribution in [2.45, 2.75) is 6.92 Å². The van der Waals surface area contributed by atoms with Gasteiger partial charge < -0.3 is 10.5 Å². The molecule has 0 saturated heterocycles. The smallest absolute Gasteiger partial charge is 0.197 e. The summed E-state index contributed by atoms with van der Waals surface area (Å²) in [7, 11) is 0. The topological polar surface area (TPSA) is 52.3 Å². The molecule has 3 nitrogen and oxygen atoms in total. The molecular weight excluding hydrogens is 325 g/mol. The molecule has 0 saturated carbocycles. The lowest BCUT2D eigenvalue weighted by Crippen LogP contribution is -2.06. The highest BCUT2D eigenvalue weighted by atomic mass is 79.9. The predicted octanol–water partition coefficient (Wildman–Crippen LogP) is 3.80. The highest BCUT2D eigenvalue weighted by molar-refractivity contribution is 9.10. The number of nitrogen functional groups attached to an aromatic ring is 1. The Morgan fingerprint density at radius 3 is 2.65 bits per heavy atom. The van der Waals surface area contributed by atoms with Gasteiger partial charge in [0.2, 0.25) is 0 Å². The minimum atomic E-state index is -0.593. The highest BCUT2D eigenvalue weighted by Gasteiger charge is 2.17. The van der Waals surface area contributed by atoms with E-state index in [1.165, 1.54) is 18.2 Å². The van der Waals surface area contributed by atoms with Crippen LogP contribution in [0.3, 0.4) is 0 Å².